The van der Waals surface area contributed by atoms with Gasteiger partial charge in [0.2, 0.25) is 0 Å². The van der Waals surface area contributed by atoms with Crippen LogP contribution in [0.25, 0.3) is 0 Å². The first-order valence-electron chi connectivity index (χ1n) is 5.41. The fraction of sp³-hybridized carbons (Fsp3) is 0.692. The topological polar surface area (TPSA) is 0 Å². The summed E-state index contributed by atoms with van der Waals surface area (Å²) in [6.45, 7) is 12.9. The highest BCUT2D eigenvalue weighted by molar-refractivity contribution is 5.08. The van der Waals surface area contributed by atoms with Crippen LogP contribution in [0.4, 0.5) is 0 Å². The highest BCUT2D eigenvalue weighted by atomic mass is 14.3. The van der Waals surface area contributed by atoms with Gasteiger partial charge < -0.3 is 0 Å². The summed E-state index contributed by atoms with van der Waals surface area (Å²) in [6.07, 6.45) is 10.2. The Bertz CT molecular complexity index is 167. The van der Waals surface area contributed by atoms with Gasteiger partial charge in [0, 0.05) is 5.41 Å². The SMILES string of the molecule is C=CC(C=CC)(CC)CC(C)CC. The number of hydrogen-bond donors (Lipinski definition) is 0. The van der Waals surface area contributed by atoms with Gasteiger partial charge in [-0.3, -0.25) is 0 Å². The van der Waals surface area contributed by atoms with Crippen LogP contribution in [0.5, 0.6) is 0 Å². The van der Waals surface area contributed by atoms with Crippen LogP contribution < -0.4 is 0 Å². The van der Waals surface area contributed by atoms with Gasteiger partial charge in [-0.05, 0) is 25.7 Å². The molecule has 0 heterocycles. The van der Waals surface area contributed by atoms with Crippen LogP contribution in [0.2, 0.25) is 0 Å². The van der Waals surface area contributed by atoms with Crippen molar-refractivity contribution in [2.45, 2.75) is 47.0 Å². The second-order valence-corrected chi connectivity index (χ2v) is 4.01. The highest BCUT2D eigenvalue weighted by Gasteiger charge is 2.22. The molecule has 0 N–H and O–H groups in total. The third kappa shape index (κ3) is 3.80. The van der Waals surface area contributed by atoms with Crippen LogP contribution in [0.15, 0.2) is 24.8 Å². The molecule has 0 aliphatic heterocycles. The van der Waals surface area contributed by atoms with E-state index in [1.54, 1.807) is 0 Å². The summed E-state index contributed by atoms with van der Waals surface area (Å²) in [5.41, 5.74) is 0.240. The Balaban J connectivity index is 4.47. The first-order valence-corrected chi connectivity index (χ1v) is 5.41. The molecule has 0 aromatic rings. The Morgan fingerprint density at radius 3 is 2.31 bits per heavy atom. The molecule has 2 atom stereocenters. The van der Waals surface area contributed by atoms with E-state index in [4.69, 9.17) is 0 Å². The molecule has 0 saturated heterocycles. The second-order valence-electron chi connectivity index (χ2n) is 4.01. The van der Waals surface area contributed by atoms with Gasteiger partial charge in [0.05, 0.1) is 0 Å². The lowest BCUT2D eigenvalue weighted by molar-refractivity contribution is 0.344. The first-order chi connectivity index (χ1) is 6.14. The lowest BCUT2D eigenvalue weighted by Gasteiger charge is -2.28. The maximum atomic E-state index is 3.96. The van der Waals surface area contributed by atoms with E-state index in [1.165, 1.54) is 12.8 Å². The minimum Gasteiger partial charge on any atom is -0.102 e. The van der Waals surface area contributed by atoms with Gasteiger partial charge in [-0.2, -0.15) is 0 Å². The smallest absolute Gasteiger partial charge is 0.00581 e. The summed E-state index contributed by atoms with van der Waals surface area (Å²) in [6, 6.07) is 0. The molecule has 13 heavy (non-hydrogen) atoms. The molecule has 2 unspecified atom stereocenters. The summed E-state index contributed by atoms with van der Waals surface area (Å²) in [7, 11) is 0. The lowest BCUT2D eigenvalue weighted by atomic mass is 9.76. The molecule has 0 rings (SSSR count). The van der Waals surface area contributed by atoms with E-state index in [-0.39, 0.29) is 5.41 Å². The largest absolute Gasteiger partial charge is 0.102 e. The zero-order valence-corrected chi connectivity index (χ0v) is 9.64. The Morgan fingerprint density at radius 2 is 2.00 bits per heavy atom. The predicted octanol–water partition coefficient (Wildman–Crippen LogP) is 4.58. The summed E-state index contributed by atoms with van der Waals surface area (Å²) in [5, 5.41) is 0. The van der Waals surface area contributed by atoms with Gasteiger partial charge >= 0.3 is 0 Å². The van der Waals surface area contributed by atoms with Crippen molar-refractivity contribution in [3.63, 3.8) is 0 Å². The van der Waals surface area contributed by atoms with Gasteiger partial charge in [0.1, 0.15) is 0 Å². The van der Waals surface area contributed by atoms with Crippen LogP contribution in [0.1, 0.15) is 47.0 Å². The molecule has 76 valence electrons. The predicted molar refractivity (Wildman–Crippen MR) is 61.8 cm³/mol. The van der Waals surface area contributed by atoms with Crippen LogP contribution in [0, 0.1) is 11.3 Å². The van der Waals surface area contributed by atoms with E-state index in [1.807, 2.05) is 0 Å². The van der Waals surface area contributed by atoms with Crippen molar-refractivity contribution in [1.82, 2.24) is 0 Å². The number of allylic oxidation sites excluding steroid dienone is 3. The Labute approximate surface area is 83.7 Å². The van der Waals surface area contributed by atoms with E-state index in [0.717, 1.165) is 12.3 Å². The zero-order valence-electron chi connectivity index (χ0n) is 9.64. The average molecular weight is 180 g/mol. The quantitative estimate of drug-likeness (QED) is 0.525. The van der Waals surface area contributed by atoms with Crippen molar-refractivity contribution in [2.75, 3.05) is 0 Å². The van der Waals surface area contributed by atoms with Crippen molar-refractivity contribution < 1.29 is 0 Å². The molecule has 0 spiro atoms. The summed E-state index contributed by atoms with van der Waals surface area (Å²) >= 11 is 0. The maximum Gasteiger partial charge on any atom is 0.00581 e. The molecule has 0 aromatic carbocycles. The molecule has 0 saturated carbocycles. The van der Waals surface area contributed by atoms with E-state index in [2.05, 4.69) is 52.5 Å². The number of rotatable bonds is 6. The van der Waals surface area contributed by atoms with Gasteiger partial charge in [0.25, 0.3) is 0 Å². The van der Waals surface area contributed by atoms with Crippen LogP contribution in [-0.2, 0) is 0 Å². The average Bonchev–Trinajstić information content (AvgIpc) is 2.17. The third-order valence-electron chi connectivity index (χ3n) is 2.99. The molecule has 0 radical (unpaired) electrons. The van der Waals surface area contributed by atoms with E-state index < -0.39 is 0 Å². The Kier molecular flexibility index (Phi) is 5.77. The van der Waals surface area contributed by atoms with E-state index in [9.17, 15) is 0 Å². The van der Waals surface area contributed by atoms with Crippen molar-refractivity contribution >= 4 is 0 Å². The van der Waals surface area contributed by atoms with Gasteiger partial charge in [-0.25, -0.2) is 0 Å². The van der Waals surface area contributed by atoms with E-state index in [0.29, 0.717) is 0 Å². The molecule has 0 aliphatic carbocycles. The monoisotopic (exact) mass is 180 g/mol. The molecular weight excluding hydrogens is 156 g/mol. The normalized spacial score (nSPS) is 18.5. The third-order valence-corrected chi connectivity index (χ3v) is 2.99. The van der Waals surface area contributed by atoms with Gasteiger partial charge in [-0.15, -0.1) is 6.58 Å². The summed E-state index contributed by atoms with van der Waals surface area (Å²) in [4.78, 5) is 0. The molecule has 0 aliphatic rings. The van der Waals surface area contributed by atoms with Crippen LogP contribution in [-0.4, -0.2) is 0 Å². The molecule has 0 fully saturated rings. The molecule has 0 aromatic heterocycles. The fourth-order valence-corrected chi connectivity index (χ4v) is 1.75. The van der Waals surface area contributed by atoms with Gasteiger partial charge in [0.15, 0.2) is 0 Å². The summed E-state index contributed by atoms with van der Waals surface area (Å²) in [5.74, 6) is 0.786. The van der Waals surface area contributed by atoms with E-state index >= 15 is 0 Å². The second kappa shape index (κ2) is 6.01. The standard InChI is InChI=1S/C13H24/c1-6-10-13(8-3,9-4)11-12(5)7-2/h6,8,10,12H,3,7,9,11H2,1-2,4-5H3. The maximum absolute atomic E-state index is 3.96. The van der Waals surface area contributed by atoms with Crippen LogP contribution in [0.3, 0.4) is 0 Å². The molecule has 0 nitrogen and oxygen atoms in total. The van der Waals surface area contributed by atoms with Crippen molar-refractivity contribution in [1.29, 1.82) is 0 Å². The van der Waals surface area contributed by atoms with Crippen LogP contribution >= 0.6 is 0 Å². The van der Waals surface area contributed by atoms with Crippen molar-refractivity contribution in [2.24, 2.45) is 11.3 Å². The first kappa shape index (κ1) is 12.5. The Morgan fingerprint density at radius 1 is 1.38 bits per heavy atom. The number of hydrogen-bond acceptors (Lipinski definition) is 0. The minimum absolute atomic E-state index is 0.240. The zero-order chi connectivity index (χ0) is 10.3. The van der Waals surface area contributed by atoms with Crippen molar-refractivity contribution in [3.8, 4) is 0 Å². The van der Waals surface area contributed by atoms with Crippen molar-refractivity contribution in [3.05, 3.63) is 24.8 Å². The molecular formula is C13H24. The Hall–Kier alpha value is -0.520. The fourth-order valence-electron chi connectivity index (χ4n) is 1.75. The molecule has 0 amide bonds. The molecule has 0 bridgehead atoms. The lowest BCUT2D eigenvalue weighted by Crippen LogP contribution is -2.17. The highest BCUT2D eigenvalue weighted by Crippen LogP contribution is 2.34. The molecule has 0 heteroatoms. The minimum atomic E-state index is 0.240. The van der Waals surface area contributed by atoms with Gasteiger partial charge in [-0.1, -0.05) is 45.4 Å². The summed E-state index contributed by atoms with van der Waals surface area (Å²) < 4.78 is 0.